The van der Waals surface area contributed by atoms with Crippen LogP contribution in [0.1, 0.15) is 5.56 Å². The Morgan fingerprint density at radius 3 is 1.63 bits per heavy atom. The van der Waals surface area contributed by atoms with Gasteiger partial charge in [-0.05, 0) is 17.7 Å². The average Bonchev–Trinajstić information content (AvgIpc) is 2.51. The molecule has 0 radical (unpaired) electrons. The summed E-state index contributed by atoms with van der Waals surface area (Å²) in [5.74, 6) is -17.8. The number of amides is 1. The summed E-state index contributed by atoms with van der Waals surface area (Å²) in [6.45, 7) is -0.864. The fourth-order valence-corrected chi connectivity index (χ4v) is 1.38. The molecule has 0 bridgehead atoms. The van der Waals surface area contributed by atoms with Crippen molar-refractivity contribution in [3.8, 4) is 5.75 Å². The standard InChI is InChI=1S/C13H7F10NO3/c14-10(15,12(18,19)20)8(25)24-5-6-1-3-7(4-2-6)27-9(26)11(16,17)13(21,22)23/h1-4H,5H2,(H,24,25). The molecule has 27 heavy (non-hydrogen) atoms. The highest BCUT2D eigenvalue weighted by Crippen LogP contribution is 2.37. The zero-order valence-electron chi connectivity index (χ0n) is 12.5. The zero-order chi connectivity index (χ0) is 21.3. The number of nitrogens with one attached hydrogen (secondary N) is 1. The predicted molar refractivity (Wildman–Crippen MR) is 65.9 cm³/mol. The molecule has 1 amide bonds. The molecule has 0 aromatic heterocycles. The predicted octanol–water partition coefficient (Wildman–Crippen LogP) is 3.60. The van der Waals surface area contributed by atoms with Crippen LogP contribution in [0.5, 0.6) is 5.75 Å². The fraction of sp³-hybridized carbons (Fsp3) is 0.385. The van der Waals surface area contributed by atoms with Gasteiger partial charge >= 0.3 is 36.1 Å². The number of carbonyl (C=O) groups excluding carboxylic acids is 2. The normalized spacial score (nSPS) is 13.3. The molecule has 1 aromatic carbocycles. The lowest BCUT2D eigenvalue weighted by molar-refractivity contribution is -0.276. The molecule has 0 saturated carbocycles. The van der Waals surface area contributed by atoms with Crippen molar-refractivity contribution >= 4 is 11.9 Å². The average molecular weight is 415 g/mol. The van der Waals surface area contributed by atoms with Gasteiger partial charge in [0.15, 0.2) is 0 Å². The molecule has 1 rings (SSSR count). The highest BCUT2D eigenvalue weighted by atomic mass is 19.4. The maximum atomic E-state index is 12.7. The Morgan fingerprint density at radius 1 is 0.778 bits per heavy atom. The van der Waals surface area contributed by atoms with E-state index < -0.39 is 48.4 Å². The van der Waals surface area contributed by atoms with Crippen molar-refractivity contribution in [2.24, 2.45) is 0 Å². The van der Waals surface area contributed by atoms with Crippen LogP contribution >= 0.6 is 0 Å². The molecule has 4 nitrogen and oxygen atoms in total. The SMILES string of the molecule is O=C(NCc1ccc(OC(=O)C(F)(F)C(F)(F)F)cc1)C(F)(F)C(F)(F)F. The molecule has 0 aliphatic heterocycles. The first-order valence-corrected chi connectivity index (χ1v) is 6.48. The van der Waals surface area contributed by atoms with Gasteiger partial charge in [0.1, 0.15) is 5.75 Å². The van der Waals surface area contributed by atoms with E-state index in [-0.39, 0.29) is 5.56 Å². The van der Waals surface area contributed by atoms with E-state index in [1.165, 1.54) is 5.32 Å². The first-order chi connectivity index (χ1) is 12.0. The second kappa shape index (κ2) is 7.23. The number of rotatable bonds is 5. The molecule has 0 atom stereocenters. The van der Waals surface area contributed by atoms with Gasteiger partial charge in [-0.3, -0.25) is 4.79 Å². The summed E-state index contributed by atoms with van der Waals surface area (Å²) in [7, 11) is 0. The van der Waals surface area contributed by atoms with Crippen LogP contribution in [0.25, 0.3) is 0 Å². The Bertz CT molecular complexity index is 694. The summed E-state index contributed by atoms with van der Waals surface area (Å²) < 4.78 is 126. The van der Waals surface area contributed by atoms with Crippen molar-refractivity contribution in [3.05, 3.63) is 29.8 Å². The fourth-order valence-electron chi connectivity index (χ4n) is 1.38. The van der Waals surface area contributed by atoms with E-state index in [0.29, 0.717) is 12.1 Å². The number of carbonyl (C=O) groups is 2. The molecule has 1 aromatic rings. The summed E-state index contributed by atoms with van der Waals surface area (Å²) in [6, 6.07) is 2.96. The van der Waals surface area contributed by atoms with Gasteiger partial charge in [0.05, 0.1) is 0 Å². The molecule has 0 aliphatic rings. The van der Waals surface area contributed by atoms with E-state index in [9.17, 15) is 53.5 Å². The van der Waals surface area contributed by atoms with E-state index >= 15 is 0 Å². The summed E-state index contributed by atoms with van der Waals surface area (Å²) in [5.41, 5.74) is -0.149. The second-order valence-electron chi connectivity index (χ2n) is 4.86. The molecule has 1 N–H and O–H groups in total. The van der Waals surface area contributed by atoms with Gasteiger partial charge in [-0.1, -0.05) is 12.1 Å². The zero-order valence-corrected chi connectivity index (χ0v) is 12.5. The summed E-state index contributed by atoms with van der Waals surface area (Å²) in [4.78, 5) is 21.7. The van der Waals surface area contributed by atoms with Gasteiger partial charge in [-0.25, -0.2) is 4.79 Å². The van der Waals surface area contributed by atoms with Crippen LogP contribution in [0.4, 0.5) is 43.9 Å². The number of hydrogen-bond donors (Lipinski definition) is 1. The van der Waals surface area contributed by atoms with E-state index in [0.717, 1.165) is 12.1 Å². The van der Waals surface area contributed by atoms with Gasteiger partial charge in [0, 0.05) is 6.54 Å². The van der Waals surface area contributed by atoms with Crippen LogP contribution in [0, 0.1) is 0 Å². The van der Waals surface area contributed by atoms with Crippen molar-refractivity contribution < 1.29 is 58.2 Å². The summed E-state index contributed by atoms with van der Waals surface area (Å²) in [5, 5.41) is 1.26. The maximum absolute atomic E-state index is 12.7. The van der Waals surface area contributed by atoms with Crippen LogP contribution < -0.4 is 10.1 Å². The van der Waals surface area contributed by atoms with Crippen LogP contribution in [-0.4, -0.2) is 36.1 Å². The quantitative estimate of drug-likeness (QED) is 0.454. The number of hydrogen-bond acceptors (Lipinski definition) is 3. The van der Waals surface area contributed by atoms with Gasteiger partial charge in [0.2, 0.25) is 0 Å². The molecule has 0 aliphatic carbocycles. The summed E-state index contributed by atoms with van der Waals surface area (Å²) in [6.07, 6.45) is -12.3. The number of esters is 1. The third-order valence-corrected chi connectivity index (χ3v) is 2.84. The topological polar surface area (TPSA) is 55.4 Å². The largest absolute Gasteiger partial charge is 0.465 e. The molecule has 14 heteroatoms. The number of halogens is 10. The highest BCUT2D eigenvalue weighted by Gasteiger charge is 2.65. The highest BCUT2D eigenvalue weighted by molar-refractivity contribution is 5.84. The Labute approximate surface area is 143 Å². The van der Waals surface area contributed by atoms with Crippen molar-refractivity contribution in [1.29, 1.82) is 0 Å². The molecule has 0 heterocycles. The minimum absolute atomic E-state index is 0.149. The molecule has 0 spiro atoms. The molecule has 152 valence electrons. The molecular formula is C13H7F10NO3. The minimum atomic E-state index is -6.20. The van der Waals surface area contributed by atoms with E-state index in [2.05, 4.69) is 4.74 Å². The van der Waals surface area contributed by atoms with Crippen molar-refractivity contribution in [2.75, 3.05) is 0 Å². The lowest BCUT2D eigenvalue weighted by atomic mass is 10.2. The lowest BCUT2D eigenvalue weighted by Crippen LogP contribution is -2.50. The first-order valence-electron chi connectivity index (χ1n) is 6.48. The van der Waals surface area contributed by atoms with Crippen LogP contribution in [-0.2, 0) is 16.1 Å². The van der Waals surface area contributed by atoms with Gasteiger partial charge in [-0.2, -0.15) is 43.9 Å². The Morgan fingerprint density at radius 2 is 1.22 bits per heavy atom. The lowest BCUT2D eigenvalue weighted by Gasteiger charge is -2.19. The van der Waals surface area contributed by atoms with E-state index in [1.54, 1.807) is 0 Å². The minimum Gasteiger partial charge on any atom is -0.422 e. The van der Waals surface area contributed by atoms with Gasteiger partial charge in [-0.15, -0.1) is 0 Å². The Balaban J connectivity index is 2.73. The number of benzene rings is 1. The smallest absolute Gasteiger partial charge is 0.422 e. The first kappa shape index (κ1) is 22.5. The van der Waals surface area contributed by atoms with Crippen molar-refractivity contribution in [1.82, 2.24) is 5.32 Å². The van der Waals surface area contributed by atoms with Crippen LogP contribution in [0.2, 0.25) is 0 Å². The van der Waals surface area contributed by atoms with Gasteiger partial charge < -0.3 is 10.1 Å². The molecule has 0 unspecified atom stereocenters. The van der Waals surface area contributed by atoms with Crippen LogP contribution in [0.3, 0.4) is 0 Å². The Hall–Kier alpha value is -2.54. The monoisotopic (exact) mass is 415 g/mol. The second-order valence-corrected chi connectivity index (χ2v) is 4.86. The third-order valence-electron chi connectivity index (χ3n) is 2.84. The molecule has 0 saturated heterocycles. The summed E-state index contributed by atoms with van der Waals surface area (Å²) >= 11 is 0. The van der Waals surface area contributed by atoms with Crippen molar-refractivity contribution in [3.63, 3.8) is 0 Å². The van der Waals surface area contributed by atoms with E-state index in [1.807, 2.05) is 0 Å². The molecule has 0 fully saturated rings. The Kier molecular flexibility index (Phi) is 6.02. The van der Waals surface area contributed by atoms with Gasteiger partial charge in [0.25, 0.3) is 0 Å². The van der Waals surface area contributed by atoms with Crippen molar-refractivity contribution in [2.45, 2.75) is 30.7 Å². The van der Waals surface area contributed by atoms with Crippen LogP contribution in [0.15, 0.2) is 24.3 Å². The van der Waals surface area contributed by atoms with E-state index in [4.69, 9.17) is 0 Å². The number of ether oxygens (including phenoxy) is 1. The molecular weight excluding hydrogens is 408 g/mol. The number of alkyl halides is 10. The maximum Gasteiger partial charge on any atom is 0.465 e. The third kappa shape index (κ3) is 5.01.